The molecule has 2 aromatic heterocycles. The topological polar surface area (TPSA) is 51.8 Å². The van der Waals surface area contributed by atoms with Gasteiger partial charge in [-0.25, -0.2) is 9.97 Å². The normalized spacial score (nSPS) is 11.7. The summed E-state index contributed by atoms with van der Waals surface area (Å²) in [6, 6.07) is 0. The minimum absolute atomic E-state index is 0.417. The van der Waals surface area contributed by atoms with E-state index in [2.05, 4.69) is 32.7 Å². The first-order chi connectivity index (χ1) is 8.47. The Bertz CT molecular complexity index is 526. The Kier molecular flexibility index (Phi) is 4.02. The molecule has 0 bridgehead atoms. The van der Waals surface area contributed by atoms with Crippen LogP contribution in [0, 0.1) is 5.92 Å². The van der Waals surface area contributed by atoms with Gasteiger partial charge in [-0.1, -0.05) is 27.7 Å². The summed E-state index contributed by atoms with van der Waals surface area (Å²) >= 11 is 3.25. The molecule has 0 spiro atoms. The summed E-state index contributed by atoms with van der Waals surface area (Å²) < 4.78 is 0. The molecule has 0 aliphatic heterocycles. The monoisotopic (exact) mass is 281 g/mol. The second-order valence-electron chi connectivity index (χ2n) is 5.15. The summed E-state index contributed by atoms with van der Waals surface area (Å²) in [5.41, 5.74) is 7.86. The first-order valence-electron chi connectivity index (χ1n) is 6.18. The number of anilines is 1. The van der Waals surface area contributed by atoms with Crippen LogP contribution in [-0.4, -0.2) is 9.97 Å². The highest BCUT2D eigenvalue weighted by Gasteiger charge is 2.18. The van der Waals surface area contributed by atoms with Crippen molar-refractivity contribution in [3.63, 3.8) is 0 Å². The number of hydrogen-bond acceptors (Lipinski definition) is 5. The van der Waals surface area contributed by atoms with E-state index in [1.54, 1.807) is 11.3 Å². The van der Waals surface area contributed by atoms with E-state index < -0.39 is 0 Å². The van der Waals surface area contributed by atoms with E-state index in [1.165, 1.54) is 21.2 Å². The molecule has 0 saturated heterocycles. The van der Waals surface area contributed by atoms with Gasteiger partial charge in [0, 0.05) is 11.8 Å². The maximum Gasteiger partial charge on any atom is 0.180 e. The van der Waals surface area contributed by atoms with Crippen LogP contribution in [0.4, 0.5) is 5.13 Å². The van der Waals surface area contributed by atoms with Crippen molar-refractivity contribution in [2.75, 3.05) is 5.73 Å². The third-order valence-electron chi connectivity index (χ3n) is 2.58. The molecule has 5 heteroatoms. The van der Waals surface area contributed by atoms with Crippen molar-refractivity contribution >= 4 is 27.8 Å². The van der Waals surface area contributed by atoms with Gasteiger partial charge in [0.15, 0.2) is 5.13 Å². The van der Waals surface area contributed by atoms with Gasteiger partial charge in [-0.2, -0.15) is 0 Å². The lowest BCUT2D eigenvalue weighted by atomic mass is 10.1. The number of aromatic nitrogens is 2. The SMILES string of the molecule is CC(C)Cc1nc(C(C)C)c(-c2csc(N)n2)s1. The van der Waals surface area contributed by atoms with E-state index >= 15 is 0 Å². The lowest BCUT2D eigenvalue weighted by molar-refractivity contribution is 0.641. The largest absolute Gasteiger partial charge is 0.375 e. The molecule has 0 aliphatic rings. The fraction of sp³-hybridized carbons (Fsp3) is 0.538. The fourth-order valence-corrected chi connectivity index (χ4v) is 3.80. The second kappa shape index (κ2) is 5.36. The van der Waals surface area contributed by atoms with Crippen molar-refractivity contribution in [2.45, 2.75) is 40.0 Å². The zero-order chi connectivity index (χ0) is 13.3. The van der Waals surface area contributed by atoms with E-state index in [4.69, 9.17) is 10.7 Å². The molecular weight excluding hydrogens is 262 g/mol. The Morgan fingerprint density at radius 1 is 1.22 bits per heavy atom. The Labute approximate surface area is 116 Å². The van der Waals surface area contributed by atoms with Crippen molar-refractivity contribution < 1.29 is 0 Å². The first kappa shape index (κ1) is 13.5. The lowest BCUT2D eigenvalue weighted by Crippen LogP contribution is -1.95. The lowest BCUT2D eigenvalue weighted by Gasteiger charge is -2.02. The molecule has 0 radical (unpaired) electrons. The summed E-state index contributed by atoms with van der Waals surface area (Å²) in [4.78, 5) is 10.3. The van der Waals surface area contributed by atoms with Crippen LogP contribution >= 0.6 is 22.7 Å². The van der Waals surface area contributed by atoms with Crippen LogP contribution in [0.25, 0.3) is 10.6 Å². The maximum atomic E-state index is 5.72. The van der Waals surface area contributed by atoms with Gasteiger partial charge in [0.1, 0.15) is 0 Å². The third kappa shape index (κ3) is 2.90. The second-order valence-corrected chi connectivity index (χ2v) is 7.12. The van der Waals surface area contributed by atoms with Crippen LogP contribution in [0.15, 0.2) is 5.38 Å². The summed E-state index contributed by atoms with van der Waals surface area (Å²) in [6.45, 7) is 8.79. The zero-order valence-corrected chi connectivity index (χ0v) is 12.9. The van der Waals surface area contributed by atoms with Crippen molar-refractivity contribution in [3.8, 4) is 10.6 Å². The van der Waals surface area contributed by atoms with Crippen LogP contribution in [0.2, 0.25) is 0 Å². The van der Waals surface area contributed by atoms with Crippen LogP contribution in [0.1, 0.15) is 44.3 Å². The average Bonchev–Trinajstić information content (AvgIpc) is 2.83. The Morgan fingerprint density at radius 3 is 2.44 bits per heavy atom. The van der Waals surface area contributed by atoms with Gasteiger partial charge < -0.3 is 5.73 Å². The molecule has 98 valence electrons. The summed E-state index contributed by atoms with van der Waals surface area (Å²) in [5.74, 6) is 1.05. The van der Waals surface area contributed by atoms with E-state index in [9.17, 15) is 0 Å². The summed E-state index contributed by atoms with van der Waals surface area (Å²) in [6.07, 6.45) is 1.03. The van der Waals surface area contributed by atoms with Gasteiger partial charge in [0.2, 0.25) is 0 Å². The summed E-state index contributed by atoms with van der Waals surface area (Å²) in [7, 11) is 0. The predicted molar refractivity (Wildman–Crippen MR) is 80.3 cm³/mol. The highest BCUT2D eigenvalue weighted by molar-refractivity contribution is 7.16. The summed E-state index contributed by atoms with van der Waals surface area (Å²) in [5, 5.41) is 3.85. The maximum absolute atomic E-state index is 5.72. The van der Waals surface area contributed by atoms with Crippen LogP contribution < -0.4 is 5.73 Å². The zero-order valence-electron chi connectivity index (χ0n) is 11.2. The van der Waals surface area contributed by atoms with E-state index in [1.807, 2.05) is 5.38 Å². The molecule has 0 fully saturated rings. The molecule has 2 rings (SSSR count). The van der Waals surface area contributed by atoms with Gasteiger partial charge >= 0.3 is 0 Å². The molecule has 0 aromatic carbocycles. The third-order valence-corrected chi connectivity index (χ3v) is 4.37. The number of nitrogen functional groups attached to an aromatic ring is 1. The van der Waals surface area contributed by atoms with Gasteiger partial charge in [-0.05, 0) is 11.8 Å². The number of rotatable bonds is 4. The molecule has 18 heavy (non-hydrogen) atoms. The Hall–Kier alpha value is -0.940. The van der Waals surface area contributed by atoms with Crippen LogP contribution in [-0.2, 0) is 6.42 Å². The molecule has 0 aliphatic carbocycles. The minimum atomic E-state index is 0.417. The molecule has 0 atom stereocenters. The fourth-order valence-electron chi connectivity index (χ4n) is 1.78. The highest BCUT2D eigenvalue weighted by Crippen LogP contribution is 2.36. The van der Waals surface area contributed by atoms with Crippen molar-refractivity contribution in [1.82, 2.24) is 9.97 Å². The minimum Gasteiger partial charge on any atom is -0.375 e. The number of nitrogens with zero attached hydrogens (tertiary/aromatic N) is 2. The van der Waals surface area contributed by atoms with Crippen molar-refractivity contribution in [3.05, 3.63) is 16.1 Å². The molecule has 0 unspecified atom stereocenters. The smallest absolute Gasteiger partial charge is 0.180 e. The Balaban J connectivity index is 2.41. The molecule has 0 amide bonds. The predicted octanol–water partition coefficient (Wildman–Crippen LogP) is 4.17. The van der Waals surface area contributed by atoms with Crippen molar-refractivity contribution in [2.24, 2.45) is 5.92 Å². The van der Waals surface area contributed by atoms with Gasteiger partial charge in [-0.3, -0.25) is 0 Å². The molecule has 2 heterocycles. The van der Waals surface area contributed by atoms with Gasteiger partial charge in [0.25, 0.3) is 0 Å². The molecule has 0 saturated carbocycles. The Morgan fingerprint density at radius 2 is 1.94 bits per heavy atom. The first-order valence-corrected chi connectivity index (χ1v) is 7.88. The van der Waals surface area contributed by atoms with Crippen LogP contribution in [0.5, 0.6) is 0 Å². The van der Waals surface area contributed by atoms with E-state index in [-0.39, 0.29) is 0 Å². The highest BCUT2D eigenvalue weighted by atomic mass is 32.1. The average molecular weight is 281 g/mol. The van der Waals surface area contributed by atoms with Gasteiger partial charge in [0.05, 0.1) is 21.3 Å². The van der Waals surface area contributed by atoms with E-state index in [0.29, 0.717) is 17.0 Å². The number of nitrogens with two attached hydrogens (primary N) is 1. The quantitative estimate of drug-likeness (QED) is 0.915. The van der Waals surface area contributed by atoms with Crippen LogP contribution in [0.3, 0.4) is 0 Å². The molecular formula is C13H19N3S2. The number of hydrogen-bond donors (Lipinski definition) is 1. The molecule has 3 nitrogen and oxygen atoms in total. The van der Waals surface area contributed by atoms with E-state index in [0.717, 1.165) is 17.8 Å². The molecule has 2 aromatic rings. The standard InChI is InChI=1S/C13H19N3S2/c1-7(2)5-10-16-11(8(3)4)12(18-10)9-6-17-13(14)15-9/h6-8H,5H2,1-4H3,(H2,14,15). The van der Waals surface area contributed by atoms with Gasteiger partial charge in [-0.15, -0.1) is 22.7 Å². The van der Waals surface area contributed by atoms with Crippen molar-refractivity contribution in [1.29, 1.82) is 0 Å². The molecule has 2 N–H and O–H groups in total. The number of thiazole rings is 2.